The average molecular weight is 395 g/mol. The molecule has 0 aliphatic rings. The van der Waals surface area contributed by atoms with Gasteiger partial charge >= 0.3 is 0 Å². The Morgan fingerprint density at radius 2 is 1.48 bits per heavy atom. The van der Waals surface area contributed by atoms with Crippen LogP contribution in [0.1, 0.15) is 0 Å². The van der Waals surface area contributed by atoms with Gasteiger partial charge < -0.3 is 4.74 Å². The first-order chi connectivity index (χ1) is 11.9. The quantitative estimate of drug-likeness (QED) is 0.662. The van der Waals surface area contributed by atoms with Crippen molar-refractivity contribution in [3.05, 3.63) is 76.9 Å². The Labute approximate surface area is 155 Å². The third-order valence-corrected chi connectivity index (χ3v) is 5.05. The van der Waals surface area contributed by atoms with Crippen LogP contribution in [0.15, 0.2) is 71.8 Å². The largest absolute Gasteiger partial charge is 0.437 e. The van der Waals surface area contributed by atoms with Crippen molar-refractivity contribution in [3.8, 4) is 11.6 Å². The fourth-order valence-corrected chi connectivity index (χ4v) is 3.29. The van der Waals surface area contributed by atoms with Gasteiger partial charge in [-0.2, -0.15) is 0 Å². The van der Waals surface area contributed by atoms with Gasteiger partial charge in [-0.1, -0.05) is 23.2 Å². The molecule has 2 aromatic carbocycles. The predicted molar refractivity (Wildman–Crippen MR) is 98.0 cm³/mol. The monoisotopic (exact) mass is 394 g/mol. The molecule has 0 saturated carbocycles. The van der Waals surface area contributed by atoms with Crippen LogP contribution in [-0.2, 0) is 10.0 Å². The summed E-state index contributed by atoms with van der Waals surface area (Å²) in [5.74, 6) is 0.609. The number of halogens is 2. The molecule has 8 heteroatoms. The standard InChI is InChI=1S/C17H12Cl2N2O3S/c18-12-3-7-14(8-4-12)24-17-16(2-1-11-20-17)21-25(22,23)15-9-5-13(19)6-10-15/h1-11,21H. The van der Waals surface area contributed by atoms with E-state index in [1.54, 1.807) is 36.4 Å². The van der Waals surface area contributed by atoms with Crippen molar-refractivity contribution in [1.29, 1.82) is 0 Å². The van der Waals surface area contributed by atoms with Crippen molar-refractivity contribution in [1.82, 2.24) is 4.98 Å². The lowest BCUT2D eigenvalue weighted by atomic mass is 10.3. The van der Waals surface area contributed by atoms with E-state index in [4.69, 9.17) is 27.9 Å². The minimum atomic E-state index is -3.80. The maximum Gasteiger partial charge on any atom is 0.262 e. The van der Waals surface area contributed by atoms with Crippen molar-refractivity contribution < 1.29 is 13.2 Å². The number of pyridine rings is 1. The van der Waals surface area contributed by atoms with E-state index < -0.39 is 10.0 Å². The van der Waals surface area contributed by atoms with Gasteiger partial charge in [0.25, 0.3) is 10.0 Å². The van der Waals surface area contributed by atoms with E-state index >= 15 is 0 Å². The second-order valence-electron chi connectivity index (χ2n) is 4.97. The van der Waals surface area contributed by atoms with Crippen molar-refractivity contribution >= 4 is 38.9 Å². The minimum absolute atomic E-state index is 0.0817. The molecule has 0 saturated heterocycles. The molecule has 25 heavy (non-hydrogen) atoms. The Morgan fingerprint density at radius 1 is 0.880 bits per heavy atom. The van der Waals surface area contributed by atoms with E-state index in [-0.39, 0.29) is 16.5 Å². The van der Waals surface area contributed by atoms with Crippen LogP contribution in [0.4, 0.5) is 5.69 Å². The summed E-state index contributed by atoms with van der Waals surface area (Å²) >= 11 is 11.6. The number of nitrogens with one attached hydrogen (secondary N) is 1. The molecule has 0 fully saturated rings. The number of sulfonamides is 1. The number of benzene rings is 2. The molecule has 0 unspecified atom stereocenters. The van der Waals surface area contributed by atoms with Crippen LogP contribution < -0.4 is 9.46 Å². The molecule has 0 radical (unpaired) electrons. The molecule has 0 aliphatic carbocycles. The number of ether oxygens (including phenoxy) is 1. The Balaban J connectivity index is 1.87. The Kier molecular flexibility index (Phi) is 5.13. The maximum atomic E-state index is 12.5. The van der Waals surface area contributed by atoms with Crippen molar-refractivity contribution in [2.45, 2.75) is 4.90 Å². The van der Waals surface area contributed by atoms with Gasteiger partial charge in [0.05, 0.1) is 4.90 Å². The fourth-order valence-electron chi connectivity index (χ4n) is 1.98. The molecule has 3 aromatic rings. The molecule has 0 aliphatic heterocycles. The second kappa shape index (κ2) is 7.31. The van der Waals surface area contributed by atoms with Crippen LogP contribution in [-0.4, -0.2) is 13.4 Å². The summed E-state index contributed by atoms with van der Waals surface area (Å²) in [6.45, 7) is 0. The highest BCUT2D eigenvalue weighted by Gasteiger charge is 2.17. The Morgan fingerprint density at radius 3 is 2.12 bits per heavy atom. The van der Waals surface area contributed by atoms with Crippen molar-refractivity contribution in [2.24, 2.45) is 0 Å². The lowest BCUT2D eigenvalue weighted by molar-refractivity contribution is 0.465. The Bertz CT molecular complexity index is 976. The molecule has 0 atom stereocenters. The van der Waals surface area contributed by atoms with Gasteiger partial charge in [-0.15, -0.1) is 0 Å². The smallest absolute Gasteiger partial charge is 0.262 e. The molecule has 1 aromatic heterocycles. The number of aromatic nitrogens is 1. The van der Waals surface area contributed by atoms with Gasteiger partial charge in [0.15, 0.2) is 0 Å². The average Bonchev–Trinajstić information content (AvgIpc) is 2.59. The summed E-state index contributed by atoms with van der Waals surface area (Å²) < 4.78 is 33.1. The number of hydrogen-bond donors (Lipinski definition) is 1. The highest BCUT2D eigenvalue weighted by Crippen LogP contribution is 2.29. The maximum absolute atomic E-state index is 12.5. The second-order valence-corrected chi connectivity index (χ2v) is 7.53. The van der Waals surface area contributed by atoms with Gasteiger partial charge in [0.2, 0.25) is 5.88 Å². The molecule has 1 heterocycles. The third kappa shape index (κ3) is 4.42. The van der Waals surface area contributed by atoms with Crippen molar-refractivity contribution in [3.63, 3.8) is 0 Å². The summed E-state index contributed by atoms with van der Waals surface area (Å²) in [5.41, 5.74) is 0.215. The molecule has 1 N–H and O–H groups in total. The molecule has 128 valence electrons. The highest BCUT2D eigenvalue weighted by atomic mass is 35.5. The molecule has 0 bridgehead atoms. The first kappa shape index (κ1) is 17.5. The fraction of sp³-hybridized carbons (Fsp3) is 0. The first-order valence-corrected chi connectivity index (χ1v) is 9.35. The van der Waals surface area contributed by atoms with Crippen LogP contribution in [0.25, 0.3) is 0 Å². The summed E-state index contributed by atoms with van der Waals surface area (Å²) in [4.78, 5) is 4.17. The molecule has 5 nitrogen and oxygen atoms in total. The molecular formula is C17H12Cl2N2O3S. The van der Waals surface area contributed by atoms with Crippen LogP contribution in [0.3, 0.4) is 0 Å². The predicted octanol–water partition coefficient (Wildman–Crippen LogP) is 4.98. The normalized spacial score (nSPS) is 11.1. The molecule has 0 spiro atoms. The summed E-state index contributed by atoms with van der Waals surface area (Å²) in [7, 11) is -3.80. The highest BCUT2D eigenvalue weighted by molar-refractivity contribution is 7.92. The number of anilines is 1. The van der Waals surface area contributed by atoms with Crippen LogP contribution in [0.5, 0.6) is 11.6 Å². The van der Waals surface area contributed by atoms with E-state index in [9.17, 15) is 8.42 Å². The summed E-state index contributed by atoms with van der Waals surface area (Å²) in [6.07, 6.45) is 1.51. The summed E-state index contributed by atoms with van der Waals surface area (Å²) in [6, 6.07) is 15.7. The first-order valence-electron chi connectivity index (χ1n) is 7.11. The molecule has 0 amide bonds. The SMILES string of the molecule is O=S(=O)(Nc1cccnc1Oc1ccc(Cl)cc1)c1ccc(Cl)cc1. The van der Waals surface area contributed by atoms with E-state index in [0.717, 1.165) is 0 Å². The van der Waals surface area contributed by atoms with E-state index in [2.05, 4.69) is 9.71 Å². The topological polar surface area (TPSA) is 68.3 Å². The molecule has 3 rings (SSSR count). The van der Waals surface area contributed by atoms with Gasteiger partial charge in [0, 0.05) is 16.2 Å². The van der Waals surface area contributed by atoms with Crippen LogP contribution in [0.2, 0.25) is 10.0 Å². The van der Waals surface area contributed by atoms with E-state index in [1.165, 1.54) is 30.5 Å². The minimum Gasteiger partial charge on any atom is -0.437 e. The molecular weight excluding hydrogens is 383 g/mol. The zero-order valence-corrected chi connectivity index (χ0v) is 15.0. The van der Waals surface area contributed by atoms with E-state index in [1.807, 2.05) is 0 Å². The summed E-state index contributed by atoms with van der Waals surface area (Å²) in [5, 5.41) is 1.02. The zero-order chi connectivity index (χ0) is 17.9. The number of rotatable bonds is 5. The number of hydrogen-bond acceptors (Lipinski definition) is 4. The van der Waals surface area contributed by atoms with Crippen molar-refractivity contribution in [2.75, 3.05) is 4.72 Å². The lowest BCUT2D eigenvalue weighted by Crippen LogP contribution is -2.13. The Hall–Kier alpha value is -2.28. The van der Waals surface area contributed by atoms with Crippen LogP contribution in [0, 0.1) is 0 Å². The zero-order valence-electron chi connectivity index (χ0n) is 12.7. The van der Waals surface area contributed by atoms with Gasteiger partial charge in [0.1, 0.15) is 11.4 Å². The van der Waals surface area contributed by atoms with Gasteiger partial charge in [-0.25, -0.2) is 13.4 Å². The number of nitrogens with zero attached hydrogens (tertiary/aromatic N) is 1. The van der Waals surface area contributed by atoms with Gasteiger partial charge in [-0.05, 0) is 60.7 Å². The van der Waals surface area contributed by atoms with Crippen LogP contribution >= 0.6 is 23.2 Å². The third-order valence-electron chi connectivity index (χ3n) is 3.17. The van der Waals surface area contributed by atoms with Gasteiger partial charge in [-0.3, -0.25) is 4.72 Å². The lowest BCUT2D eigenvalue weighted by Gasteiger charge is -2.12. The van der Waals surface area contributed by atoms with E-state index in [0.29, 0.717) is 15.8 Å².